The van der Waals surface area contributed by atoms with E-state index in [9.17, 15) is 4.79 Å². The van der Waals surface area contributed by atoms with E-state index in [1.807, 2.05) is 36.4 Å². The fraction of sp³-hybridized carbons (Fsp3) is 0.767. The molecule has 1 amide bonds. The zero-order chi connectivity index (χ0) is 30.9. The van der Waals surface area contributed by atoms with Crippen LogP contribution in [0.1, 0.15) is 58.1 Å². The summed E-state index contributed by atoms with van der Waals surface area (Å²) in [6, 6.07) is 4.78. The van der Waals surface area contributed by atoms with Crippen LogP contribution in [0.2, 0.25) is 51.4 Å². The van der Waals surface area contributed by atoms with Gasteiger partial charge in [-0.05, 0) is 81.1 Å². The minimum atomic E-state index is -1.20. The van der Waals surface area contributed by atoms with Crippen LogP contribution < -0.4 is 4.90 Å². The van der Waals surface area contributed by atoms with E-state index in [-0.39, 0.29) is 24.1 Å². The molecule has 2 fully saturated rings. The molecule has 2 aromatic heterocycles. The molecule has 2 unspecified atom stereocenters. The van der Waals surface area contributed by atoms with E-state index in [0.29, 0.717) is 13.5 Å². The largest absolute Gasteiger partial charge is 0.444 e. The zero-order valence-corrected chi connectivity index (χ0v) is 31.4. The summed E-state index contributed by atoms with van der Waals surface area (Å²) in [5.41, 5.74) is 1.43. The van der Waals surface area contributed by atoms with Crippen LogP contribution in [0, 0.1) is 3.57 Å². The molecule has 2 bridgehead atoms. The van der Waals surface area contributed by atoms with Gasteiger partial charge in [-0.3, -0.25) is 0 Å². The van der Waals surface area contributed by atoms with E-state index in [0.717, 1.165) is 71.7 Å². The normalized spacial score (nSPS) is 21.3. The number of halogens is 1. The van der Waals surface area contributed by atoms with E-state index in [4.69, 9.17) is 24.3 Å². The molecular weight excluding hydrogens is 677 g/mol. The number of ether oxygens (including phenoxy) is 3. The predicted octanol–water partition coefficient (Wildman–Crippen LogP) is 7.41. The molecule has 2 aliphatic heterocycles. The third kappa shape index (κ3) is 9.15. The van der Waals surface area contributed by atoms with Crippen LogP contribution in [0.4, 0.5) is 10.6 Å². The zero-order valence-electron chi connectivity index (χ0n) is 27.2. The van der Waals surface area contributed by atoms with E-state index in [1.54, 1.807) is 0 Å². The molecule has 0 aromatic carbocycles. The number of carbonyl (C=O) groups excluding carboxylic acids is 1. The molecule has 0 aliphatic carbocycles. The fourth-order valence-electron chi connectivity index (χ4n) is 5.68. The van der Waals surface area contributed by atoms with Gasteiger partial charge in [0.1, 0.15) is 24.9 Å². The first-order valence-corrected chi connectivity index (χ1v) is 24.0. The lowest BCUT2D eigenvalue weighted by Gasteiger charge is -2.39. The highest BCUT2D eigenvalue weighted by Gasteiger charge is 2.45. The maximum Gasteiger partial charge on any atom is 0.410 e. The summed E-state index contributed by atoms with van der Waals surface area (Å²) in [4.78, 5) is 22.4. The SMILES string of the molecule is CC(C)(C)OC(=O)N1C2CC[C@@H]1CC(c1cc(N(COCC[Si](C)(C)C)COCC[Si](C)(C)C)n3ncc(I)c3n1)C2. The van der Waals surface area contributed by atoms with Crippen LogP contribution in [0.15, 0.2) is 12.3 Å². The van der Waals surface area contributed by atoms with Crippen molar-refractivity contribution in [3.05, 3.63) is 21.5 Å². The highest BCUT2D eigenvalue weighted by Crippen LogP contribution is 2.44. The van der Waals surface area contributed by atoms with Gasteiger partial charge in [0.15, 0.2) is 5.65 Å². The Hall–Kier alpha value is -1.23. The molecule has 9 nitrogen and oxygen atoms in total. The molecular formula is C30H52IN5O4Si2. The van der Waals surface area contributed by atoms with Crippen molar-refractivity contribution in [2.45, 2.75) is 121 Å². The quantitative estimate of drug-likeness (QED) is 0.0975. The van der Waals surface area contributed by atoms with E-state index in [1.165, 1.54) is 0 Å². The Labute approximate surface area is 268 Å². The molecule has 12 heteroatoms. The Balaban J connectivity index is 1.58. The molecule has 2 aromatic rings. The van der Waals surface area contributed by atoms with Gasteiger partial charge in [-0.2, -0.15) is 9.61 Å². The van der Waals surface area contributed by atoms with Crippen molar-refractivity contribution in [1.82, 2.24) is 19.5 Å². The minimum Gasteiger partial charge on any atom is -0.444 e. The molecule has 2 saturated heterocycles. The molecule has 0 radical (unpaired) electrons. The molecule has 3 atom stereocenters. The van der Waals surface area contributed by atoms with Crippen molar-refractivity contribution in [2.75, 3.05) is 31.6 Å². The molecule has 236 valence electrons. The number of rotatable bonds is 12. The number of hydrogen-bond donors (Lipinski definition) is 0. The summed E-state index contributed by atoms with van der Waals surface area (Å²) in [6.07, 6.45) is 5.51. The van der Waals surface area contributed by atoms with Gasteiger partial charge >= 0.3 is 6.09 Å². The lowest BCUT2D eigenvalue weighted by Crippen LogP contribution is -2.48. The molecule has 4 rings (SSSR count). The number of hydrogen-bond acceptors (Lipinski definition) is 7. The fourth-order valence-corrected chi connectivity index (χ4v) is 7.67. The van der Waals surface area contributed by atoms with Crippen LogP contribution in [-0.2, 0) is 14.2 Å². The number of aromatic nitrogens is 3. The van der Waals surface area contributed by atoms with Crippen molar-refractivity contribution in [3.8, 4) is 0 Å². The first-order valence-electron chi connectivity index (χ1n) is 15.5. The van der Waals surface area contributed by atoms with Crippen molar-refractivity contribution < 1.29 is 19.0 Å². The van der Waals surface area contributed by atoms with E-state index < -0.39 is 21.7 Å². The van der Waals surface area contributed by atoms with Crippen LogP contribution in [0.3, 0.4) is 0 Å². The molecule has 42 heavy (non-hydrogen) atoms. The van der Waals surface area contributed by atoms with Gasteiger partial charge in [-0.1, -0.05) is 39.3 Å². The van der Waals surface area contributed by atoms with Crippen LogP contribution in [-0.4, -0.2) is 86.1 Å². The van der Waals surface area contributed by atoms with Crippen LogP contribution in [0.25, 0.3) is 5.65 Å². The Morgan fingerprint density at radius 3 is 2.05 bits per heavy atom. The highest BCUT2D eigenvalue weighted by molar-refractivity contribution is 14.1. The van der Waals surface area contributed by atoms with Gasteiger partial charge in [0.2, 0.25) is 0 Å². The lowest BCUT2D eigenvalue weighted by atomic mass is 9.88. The average molecular weight is 730 g/mol. The van der Waals surface area contributed by atoms with Crippen molar-refractivity contribution in [2.24, 2.45) is 0 Å². The smallest absolute Gasteiger partial charge is 0.410 e. The first-order chi connectivity index (χ1) is 19.5. The molecule has 0 saturated carbocycles. The van der Waals surface area contributed by atoms with Crippen molar-refractivity contribution in [1.29, 1.82) is 0 Å². The Morgan fingerprint density at radius 1 is 1.00 bits per heavy atom. The number of piperidine rings is 1. The second-order valence-electron chi connectivity index (χ2n) is 15.4. The number of amides is 1. The maximum atomic E-state index is 13.1. The Kier molecular flexibility index (Phi) is 10.7. The van der Waals surface area contributed by atoms with Gasteiger partial charge < -0.3 is 24.0 Å². The monoisotopic (exact) mass is 729 g/mol. The number of anilines is 1. The summed E-state index contributed by atoms with van der Waals surface area (Å²) in [7, 11) is -2.41. The minimum absolute atomic E-state index is 0.181. The molecule has 0 N–H and O–H groups in total. The summed E-state index contributed by atoms with van der Waals surface area (Å²) < 4.78 is 21.2. The third-order valence-corrected chi connectivity index (χ3v) is 12.2. The topological polar surface area (TPSA) is 81.4 Å². The van der Waals surface area contributed by atoms with Crippen molar-refractivity contribution in [3.63, 3.8) is 0 Å². The predicted molar refractivity (Wildman–Crippen MR) is 183 cm³/mol. The molecule has 0 spiro atoms. The average Bonchev–Trinajstić information content (AvgIpc) is 3.36. The number of carbonyl (C=O) groups is 1. The number of fused-ring (bicyclic) bond motifs is 3. The van der Waals surface area contributed by atoms with Gasteiger partial charge in [0, 0.05) is 59.1 Å². The Bertz CT molecular complexity index is 1190. The lowest BCUT2D eigenvalue weighted by molar-refractivity contribution is 0.00569. The maximum absolute atomic E-state index is 13.1. The second-order valence-corrected chi connectivity index (χ2v) is 27.8. The first kappa shape index (κ1) is 33.7. The molecule has 4 heterocycles. The van der Waals surface area contributed by atoms with Gasteiger partial charge in [0.25, 0.3) is 0 Å². The van der Waals surface area contributed by atoms with Gasteiger partial charge in [-0.25, -0.2) is 9.78 Å². The molecule has 2 aliphatic rings. The highest BCUT2D eigenvalue weighted by atomic mass is 127. The van der Waals surface area contributed by atoms with E-state index in [2.05, 4.69) is 72.8 Å². The standard InChI is InChI=1S/C30H52IN5O4Si2/c1-30(2,3)40-29(37)35-23-10-11-24(35)17-22(16-23)26-18-27(36-28(33-26)25(31)19-32-36)34(20-38-12-14-41(4,5)6)21-39-13-15-42(7,8)9/h18-19,22-24H,10-17,20-21H2,1-9H3/t22?,23-,24?/m1/s1. The number of nitrogens with zero attached hydrogens (tertiary/aromatic N) is 5. The second kappa shape index (κ2) is 13.4. The van der Waals surface area contributed by atoms with Crippen molar-refractivity contribution >= 4 is 56.3 Å². The third-order valence-electron chi connectivity index (χ3n) is 8.00. The van der Waals surface area contributed by atoms with Gasteiger partial charge in [-0.15, -0.1) is 0 Å². The summed E-state index contributed by atoms with van der Waals surface area (Å²) >= 11 is 2.33. The summed E-state index contributed by atoms with van der Waals surface area (Å²) in [6.45, 7) is 22.4. The summed E-state index contributed by atoms with van der Waals surface area (Å²) in [5, 5.41) is 4.71. The van der Waals surface area contributed by atoms with Crippen LogP contribution in [0.5, 0.6) is 0 Å². The van der Waals surface area contributed by atoms with Crippen LogP contribution >= 0.6 is 22.6 Å². The van der Waals surface area contributed by atoms with E-state index >= 15 is 0 Å². The summed E-state index contributed by atoms with van der Waals surface area (Å²) in [5.74, 6) is 1.21. The van der Waals surface area contributed by atoms with Gasteiger partial charge in [0.05, 0.1) is 9.77 Å². The Morgan fingerprint density at radius 2 is 1.55 bits per heavy atom.